The summed E-state index contributed by atoms with van der Waals surface area (Å²) in [5, 5.41) is 4.26. The van der Waals surface area contributed by atoms with Crippen molar-refractivity contribution in [2.75, 3.05) is 26.3 Å². The average molecular weight is 268 g/mol. The fraction of sp³-hybridized carbons (Fsp3) is 0.571. The van der Waals surface area contributed by atoms with Crippen LogP contribution in [0.4, 0.5) is 0 Å². The van der Waals surface area contributed by atoms with Crippen LogP contribution in [-0.2, 0) is 11.2 Å². The van der Waals surface area contributed by atoms with Gasteiger partial charge < -0.3 is 14.8 Å². The molecule has 1 fully saturated rings. The second kappa shape index (κ2) is 4.72. The lowest BCUT2D eigenvalue weighted by molar-refractivity contribution is -0.0994. The summed E-state index contributed by atoms with van der Waals surface area (Å²) in [7, 11) is 0. The van der Waals surface area contributed by atoms with Crippen molar-refractivity contribution < 1.29 is 9.47 Å². The Bertz CT molecular complexity index is 445. The molecule has 1 atom stereocenters. The van der Waals surface area contributed by atoms with Crippen LogP contribution in [0.1, 0.15) is 12.5 Å². The molecule has 0 amide bonds. The highest BCUT2D eigenvalue weighted by atomic mass is 35.5. The molecule has 0 saturated carbocycles. The van der Waals surface area contributed by atoms with Gasteiger partial charge in [-0.15, -0.1) is 0 Å². The summed E-state index contributed by atoms with van der Waals surface area (Å²) in [4.78, 5) is 0. The van der Waals surface area contributed by atoms with Crippen molar-refractivity contribution in [1.82, 2.24) is 5.32 Å². The second-order valence-electron chi connectivity index (χ2n) is 5.63. The number of benzene rings is 1. The van der Waals surface area contributed by atoms with Crippen LogP contribution >= 0.6 is 11.6 Å². The van der Waals surface area contributed by atoms with Crippen molar-refractivity contribution in [3.8, 4) is 5.75 Å². The first-order valence-corrected chi connectivity index (χ1v) is 6.76. The van der Waals surface area contributed by atoms with E-state index >= 15 is 0 Å². The van der Waals surface area contributed by atoms with E-state index in [1.807, 2.05) is 18.2 Å². The Morgan fingerprint density at radius 1 is 1.44 bits per heavy atom. The van der Waals surface area contributed by atoms with Gasteiger partial charge in [0.2, 0.25) is 0 Å². The van der Waals surface area contributed by atoms with E-state index in [9.17, 15) is 0 Å². The third-order valence-electron chi connectivity index (χ3n) is 3.59. The van der Waals surface area contributed by atoms with Gasteiger partial charge in [0.05, 0.1) is 13.2 Å². The van der Waals surface area contributed by atoms with Crippen molar-refractivity contribution in [2.24, 2.45) is 5.41 Å². The summed E-state index contributed by atoms with van der Waals surface area (Å²) in [6.45, 7) is 5.84. The number of hydrogen-bond donors (Lipinski definition) is 1. The van der Waals surface area contributed by atoms with Gasteiger partial charge in [-0.25, -0.2) is 0 Å². The van der Waals surface area contributed by atoms with Gasteiger partial charge in [-0.3, -0.25) is 0 Å². The largest absolute Gasteiger partial charge is 0.488 e. The fourth-order valence-corrected chi connectivity index (χ4v) is 2.69. The minimum absolute atomic E-state index is 0.225. The van der Waals surface area contributed by atoms with Crippen LogP contribution in [0.25, 0.3) is 0 Å². The van der Waals surface area contributed by atoms with E-state index < -0.39 is 0 Å². The molecule has 18 heavy (non-hydrogen) atoms. The Balaban J connectivity index is 1.49. The highest BCUT2D eigenvalue weighted by Crippen LogP contribution is 2.31. The average Bonchev–Trinajstić information content (AvgIpc) is 2.68. The summed E-state index contributed by atoms with van der Waals surface area (Å²) in [5.74, 6) is 0.976. The maximum Gasteiger partial charge on any atom is 0.123 e. The molecule has 1 unspecified atom stereocenters. The van der Waals surface area contributed by atoms with Gasteiger partial charge in [0.1, 0.15) is 11.9 Å². The van der Waals surface area contributed by atoms with Crippen LogP contribution in [0.15, 0.2) is 18.2 Å². The lowest BCUT2D eigenvalue weighted by atomic mass is 9.89. The molecule has 1 N–H and O–H groups in total. The highest BCUT2D eigenvalue weighted by molar-refractivity contribution is 6.30. The van der Waals surface area contributed by atoms with E-state index in [4.69, 9.17) is 21.1 Å². The Morgan fingerprint density at radius 3 is 3.00 bits per heavy atom. The molecule has 0 bridgehead atoms. The molecule has 1 aromatic carbocycles. The Morgan fingerprint density at radius 2 is 2.28 bits per heavy atom. The molecular weight excluding hydrogens is 250 g/mol. The second-order valence-corrected chi connectivity index (χ2v) is 6.07. The van der Waals surface area contributed by atoms with Gasteiger partial charge in [-0.1, -0.05) is 18.5 Å². The summed E-state index contributed by atoms with van der Waals surface area (Å²) < 4.78 is 11.1. The quantitative estimate of drug-likeness (QED) is 0.908. The minimum Gasteiger partial charge on any atom is -0.488 e. The number of rotatable bonds is 4. The van der Waals surface area contributed by atoms with Crippen molar-refractivity contribution in [2.45, 2.75) is 19.4 Å². The summed E-state index contributed by atoms with van der Waals surface area (Å²) in [6, 6.07) is 5.83. The Kier molecular flexibility index (Phi) is 3.22. The predicted molar refractivity (Wildman–Crippen MR) is 71.4 cm³/mol. The molecule has 0 spiro atoms. The molecular formula is C14H18ClNO2. The number of fused-ring (bicyclic) bond motifs is 1. The fourth-order valence-electron chi connectivity index (χ4n) is 2.49. The summed E-state index contributed by atoms with van der Waals surface area (Å²) >= 11 is 5.98. The van der Waals surface area contributed by atoms with Crippen molar-refractivity contribution in [3.05, 3.63) is 28.8 Å². The maximum atomic E-state index is 5.98. The molecule has 3 nitrogen and oxygen atoms in total. The highest BCUT2D eigenvalue weighted by Gasteiger charge is 2.33. The molecule has 2 aliphatic rings. The van der Waals surface area contributed by atoms with E-state index in [-0.39, 0.29) is 6.10 Å². The third kappa shape index (κ3) is 2.48. The van der Waals surface area contributed by atoms with Crippen LogP contribution in [0, 0.1) is 5.41 Å². The molecule has 0 radical (unpaired) electrons. The van der Waals surface area contributed by atoms with Crippen LogP contribution in [0.3, 0.4) is 0 Å². The van der Waals surface area contributed by atoms with E-state index in [1.54, 1.807) is 0 Å². The van der Waals surface area contributed by atoms with E-state index in [0.717, 1.165) is 43.5 Å². The standard InChI is InChI=1S/C14H18ClNO2/c1-14(8-17-9-14)7-16-6-12-5-10-4-11(15)2-3-13(10)18-12/h2-4,12,16H,5-9H2,1H3. The SMILES string of the molecule is CC1(CNCC2Cc3cc(Cl)ccc3O2)COC1. The molecule has 4 heteroatoms. The Hall–Kier alpha value is -0.770. The number of ether oxygens (including phenoxy) is 2. The zero-order valence-corrected chi connectivity index (χ0v) is 11.3. The third-order valence-corrected chi connectivity index (χ3v) is 3.82. The monoisotopic (exact) mass is 267 g/mol. The summed E-state index contributed by atoms with van der Waals surface area (Å²) in [6.07, 6.45) is 1.17. The molecule has 2 heterocycles. The van der Waals surface area contributed by atoms with Gasteiger partial charge in [0.15, 0.2) is 0 Å². The van der Waals surface area contributed by atoms with Gasteiger partial charge in [0, 0.05) is 29.9 Å². The first kappa shape index (κ1) is 12.3. The maximum absolute atomic E-state index is 5.98. The zero-order chi connectivity index (χ0) is 12.6. The van der Waals surface area contributed by atoms with Gasteiger partial charge in [0.25, 0.3) is 0 Å². The van der Waals surface area contributed by atoms with Crippen LogP contribution < -0.4 is 10.1 Å². The molecule has 1 aromatic rings. The minimum atomic E-state index is 0.225. The number of nitrogens with one attached hydrogen (secondary N) is 1. The van der Waals surface area contributed by atoms with Gasteiger partial charge in [-0.2, -0.15) is 0 Å². The molecule has 1 saturated heterocycles. The Labute approximate surface area is 112 Å². The van der Waals surface area contributed by atoms with Crippen molar-refractivity contribution in [1.29, 1.82) is 0 Å². The number of halogens is 1. The first-order valence-electron chi connectivity index (χ1n) is 6.38. The normalized spacial score (nSPS) is 24.2. The summed E-state index contributed by atoms with van der Waals surface area (Å²) in [5.41, 5.74) is 1.53. The van der Waals surface area contributed by atoms with E-state index in [0.29, 0.717) is 5.41 Å². The van der Waals surface area contributed by atoms with E-state index in [1.165, 1.54) is 5.56 Å². The molecule has 2 aliphatic heterocycles. The predicted octanol–water partition coefficient (Wildman–Crippen LogP) is 2.27. The molecule has 0 aromatic heterocycles. The van der Waals surface area contributed by atoms with Crippen LogP contribution in [0.2, 0.25) is 5.02 Å². The lowest BCUT2D eigenvalue weighted by Gasteiger charge is -2.38. The lowest BCUT2D eigenvalue weighted by Crippen LogP contribution is -2.48. The van der Waals surface area contributed by atoms with E-state index in [2.05, 4.69) is 12.2 Å². The molecule has 0 aliphatic carbocycles. The van der Waals surface area contributed by atoms with Crippen LogP contribution in [-0.4, -0.2) is 32.4 Å². The topological polar surface area (TPSA) is 30.5 Å². The zero-order valence-electron chi connectivity index (χ0n) is 10.5. The molecule has 3 rings (SSSR count). The van der Waals surface area contributed by atoms with Crippen molar-refractivity contribution in [3.63, 3.8) is 0 Å². The first-order chi connectivity index (χ1) is 8.65. The van der Waals surface area contributed by atoms with Crippen LogP contribution in [0.5, 0.6) is 5.75 Å². The van der Waals surface area contributed by atoms with Gasteiger partial charge >= 0.3 is 0 Å². The number of hydrogen-bond acceptors (Lipinski definition) is 3. The van der Waals surface area contributed by atoms with Crippen molar-refractivity contribution >= 4 is 11.6 Å². The van der Waals surface area contributed by atoms with Gasteiger partial charge in [-0.05, 0) is 23.8 Å². The smallest absolute Gasteiger partial charge is 0.123 e. The molecule has 98 valence electrons.